The van der Waals surface area contributed by atoms with E-state index in [0.29, 0.717) is 12.6 Å². The van der Waals surface area contributed by atoms with E-state index in [9.17, 15) is 13.5 Å². The van der Waals surface area contributed by atoms with Gasteiger partial charge in [-0.3, -0.25) is 0 Å². The Morgan fingerprint density at radius 2 is 1.79 bits per heavy atom. The molecule has 1 aliphatic rings. The van der Waals surface area contributed by atoms with E-state index < -0.39 is 10.0 Å². The number of aliphatic hydroxyl groups is 1. The van der Waals surface area contributed by atoms with Crippen molar-refractivity contribution >= 4 is 40.0 Å². The maximum absolute atomic E-state index is 12.3. The van der Waals surface area contributed by atoms with Gasteiger partial charge in [-0.25, -0.2) is 18.1 Å². The molecule has 9 heteroatoms. The van der Waals surface area contributed by atoms with Crippen LogP contribution in [0, 0.1) is 0 Å². The van der Waals surface area contributed by atoms with E-state index in [1.807, 2.05) is 45.0 Å². The predicted molar refractivity (Wildman–Crippen MR) is 129 cm³/mol. The van der Waals surface area contributed by atoms with Crippen LogP contribution < -0.4 is 15.4 Å². The minimum Gasteiger partial charge on any atom is -0.393 e. The zero-order valence-corrected chi connectivity index (χ0v) is 20.7. The van der Waals surface area contributed by atoms with Crippen molar-refractivity contribution < 1.29 is 13.5 Å². The molecule has 7 nitrogen and oxygen atoms in total. The molecule has 0 aromatic heterocycles. The lowest BCUT2D eigenvalue weighted by atomic mass is 9.93. The van der Waals surface area contributed by atoms with Crippen LogP contribution in [0.4, 0.5) is 0 Å². The first-order chi connectivity index (χ1) is 13.3. The van der Waals surface area contributed by atoms with Crippen molar-refractivity contribution in [2.24, 2.45) is 4.99 Å². The summed E-state index contributed by atoms with van der Waals surface area (Å²) in [6.45, 7) is 6.78. The van der Waals surface area contributed by atoms with E-state index in [1.54, 1.807) is 0 Å². The number of aliphatic hydroxyl groups excluding tert-OH is 1. The number of nitrogens with zero attached hydrogens (tertiary/aromatic N) is 1. The lowest BCUT2D eigenvalue weighted by molar-refractivity contribution is 0.120. The summed E-state index contributed by atoms with van der Waals surface area (Å²) in [4.78, 5) is 4.67. The topological polar surface area (TPSA) is 103 Å². The van der Waals surface area contributed by atoms with Crippen LogP contribution in [0.2, 0.25) is 0 Å². The van der Waals surface area contributed by atoms with Crippen LogP contribution in [0.15, 0.2) is 29.3 Å². The Morgan fingerprint density at radius 1 is 1.17 bits per heavy atom. The van der Waals surface area contributed by atoms with Crippen molar-refractivity contribution in [3.8, 4) is 0 Å². The third-order valence-corrected chi connectivity index (χ3v) is 6.19. The van der Waals surface area contributed by atoms with Crippen LogP contribution in [0.3, 0.4) is 0 Å². The molecule has 1 fully saturated rings. The first kappa shape index (κ1) is 26.1. The summed E-state index contributed by atoms with van der Waals surface area (Å²) in [5.41, 5.74) is 1.66. The molecule has 0 unspecified atom stereocenters. The Labute approximate surface area is 192 Å². The number of rotatable bonds is 8. The number of aliphatic imine (C=N–C) groups is 1. The van der Waals surface area contributed by atoms with E-state index >= 15 is 0 Å². The molecular weight excluding hydrogens is 503 g/mol. The number of halogens is 1. The molecule has 1 aromatic rings. The first-order valence-corrected chi connectivity index (χ1v) is 11.7. The van der Waals surface area contributed by atoms with Crippen LogP contribution in [-0.4, -0.2) is 44.2 Å². The summed E-state index contributed by atoms with van der Waals surface area (Å²) in [6.07, 6.45) is 3.26. The van der Waals surface area contributed by atoms with Gasteiger partial charge in [0.05, 0.1) is 18.4 Å². The summed E-state index contributed by atoms with van der Waals surface area (Å²) in [6, 6.07) is 7.68. The van der Waals surface area contributed by atoms with Crippen molar-refractivity contribution in [1.82, 2.24) is 15.4 Å². The van der Waals surface area contributed by atoms with Crippen LogP contribution >= 0.6 is 24.0 Å². The van der Waals surface area contributed by atoms with Gasteiger partial charge in [0, 0.05) is 18.6 Å². The maximum Gasteiger partial charge on any atom is 0.216 e. The summed E-state index contributed by atoms with van der Waals surface area (Å²) in [5, 5.41) is 16.4. The van der Waals surface area contributed by atoms with Gasteiger partial charge in [-0.2, -0.15) is 0 Å². The summed E-state index contributed by atoms with van der Waals surface area (Å²) < 4.78 is 27.2. The standard InChI is InChI=1S/C20H34N4O3S.HI/c1-4-21-20(23-18-9-11-19(25)12-10-18)22-13-16-7-5-6-8-17(16)14-28(26,27)24-15(2)3;/h5-8,15,18-19,24-25H,4,9-14H2,1-3H3,(H2,21,22,23);1H. The number of hydrogen-bond donors (Lipinski definition) is 4. The van der Waals surface area contributed by atoms with Gasteiger partial charge in [0.25, 0.3) is 0 Å². The Bertz CT molecular complexity index is 748. The zero-order chi connectivity index (χ0) is 20.6. The molecule has 0 spiro atoms. The molecule has 0 atom stereocenters. The van der Waals surface area contributed by atoms with Crippen molar-refractivity contribution in [3.63, 3.8) is 0 Å². The van der Waals surface area contributed by atoms with E-state index in [1.165, 1.54) is 0 Å². The number of guanidine groups is 1. The molecule has 2 rings (SSSR count). The monoisotopic (exact) mass is 538 g/mol. The Kier molecular flexibility index (Phi) is 11.4. The number of nitrogens with one attached hydrogen (secondary N) is 3. The molecule has 0 saturated heterocycles. The Hall–Kier alpha value is -0.910. The molecule has 0 radical (unpaired) electrons. The highest BCUT2D eigenvalue weighted by atomic mass is 127. The van der Waals surface area contributed by atoms with E-state index in [-0.39, 0.29) is 41.9 Å². The highest BCUT2D eigenvalue weighted by Crippen LogP contribution is 2.18. The van der Waals surface area contributed by atoms with E-state index in [2.05, 4.69) is 20.3 Å². The molecule has 0 amide bonds. The lowest BCUT2D eigenvalue weighted by Crippen LogP contribution is -2.45. The molecule has 166 valence electrons. The van der Waals surface area contributed by atoms with Crippen molar-refractivity contribution in [3.05, 3.63) is 35.4 Å². The average Bonchev–Trinajstić information content (AvgIpc) is 2.61. The summed E-state index contributed by atoms with van der Waals surface area (Å²) >= 11 is 0. The lowest BCUT2D eigenvalue weighted by Gasteiger charge is -2.27. The second-order valence-corrected chi connectivity index (χ2v) is 9.40. The van der Waals surface area contributed by atoms with Crippen LogP contribution in [0.5, 0.6) is 0 Å². The Morgan fingerprint density at radius 3 is 2.38 bits per heavy atom. The third-order valence-electron chi connectivity index (χ3n) is 4.67. The molecule has 0 aliphatic heterocycles. The first-order valence-electron chi connectivity index (χ1n) is 10.1. The fraction of sp³-hybridized carbons (Fsp3) is 0.650. The highest BCUT2D eigenvalue weighted by molar-refractivity contribution is 14.0. The molecular formula is C20H35IN4O3S. The molecule has 0 bridgehead atoms. The van der Waals surface area contributed by atoms with Crippen molar-refractivity contribution in [1.29, 1.82) is 0 Å². The van der Waals surface area contributed by atoms with Gasteiger partial charge in [-0.15, -0.1) is 24.0 Å². The van der Waals surface area contributed by atoms with Crippen LogP contribution in [0.25, 0.3) is 0 Å². The van der Waals surface area contributed by atoms with Gasteiger partial charge in [-0.05, 0) is 57.6 Å². The van der Waals surface area contributed by atoms with Crippen molar-refractivity contribution in [2.45, 2.75) is 76.9 Å². The normalized spacial score (nSPS) is 20.2. The second-order valence-electron chi connectivity index (χ2n) is 7.65. The van der Waals surface area contributed by atoms with Gasteiger partial charge in [-0.1, -0.05) is 24.3 Å². The molecule has 4 N–H and O–H groups in total. The van der Waals surface area contributed by atoms with E-state index in [0.717, 1.165) is 49.3 Å². The fourth-order valence-corrected chi connectivity index (χ4v) is 4.85. The molecule has 1 aliphatic carbocycles. The van der Waals surface area contributed by atoms with Gasteiger partial charge in [0.1, 0.15) is 0 Å². The molecule has 1 aromatic carbocycles. The van der Waals surface area contributed by atoms with E-state index in [4.69, 9.17) is 0 Å². The predicted octanol–water partition coefficient (Wildman–Crippen LogP) is 2.49. The quantitative estimate of drug-likeness (QED) is 0.232. The van der Waals surface area contributed by atoms with Crippen LogP contribution in [0.1, 0.15) is 57.6 Å². The zero-order valence-electron chi connectivity index (χ0n) is 17.5. The second kappa shape index (κ2) is 12.7. The minimum atomic E-state index is -3.39. The van der Waals surface area contributed by atoms with Crippen LogP contribution in [-0.2, 0) is 22.3 Å². The molecule has 1 saturated carbocycles. The molecule has 0 heterocycles. The van der Waals surface area contributed by atoms with Gasteiger partial charge in [0.15, 0.2) is 5.96 Å². The number of sulfonamides is 1. The van der Waals surface area contributed by atoms with Gasteiger partial charge in [0.2, 0.25) is 10.0 Å². The smallest absolute Gasteiger partial charge is 0.216 e. The van der Waals surface area contributed by atoms with Gasteiger partial charge >= 0.3 is 0 Å². The largest absolute Gasteiger partial charge is 0.393 e. The Balaban J connectivity index is 0.00000420. The molecule has 29 heavy (non-hydrogen) atoms. The number of benzene rings is 1. The fourth-order valence-electron chi connectivity index (χ4n) is 3.36. The highest BCUT2D eigenvalue weighted by Gasteiger charge is 2.20. The SMILES string of the molecule is CCNC(=NCc1ccccc1CS(=O)(=O)NC(C)C)NC1CCC(O)CC1.I. The van der Waals surface area contributed by atoms with Crippen molar-refractivity contribution in [2.75, 3.05) is 6.54 Å². The number of hydrogen-bond acceptors (Lipinski definition) is 4. The summed E-state index contributed by atoms with van der Waals surface area (Å²) in [7, 11) is -3.39. The minimum absolute atomic E-state index is 0. The average molecular weight is 538 g/mol. The van der Waals surface area contributed by atoms with Gasteiger partial charge < -0.3 is 15.7 Å². The maximum atomic E-state index is 12.3. The summed E-state index contributed by atoms with van der Waals surface area (Å²) in [5.74, 6) is 0.670. The third kappa shape index (κ3) is 9.63.